The van der Waals surface area contributed by atoms with Crippen LogP contribution in [0.15, 0.2) is 29.2 Å². The van der Waals surface area contributed by atoms with Gasteiger partial charge in [-0.3, -0.25) is 4.79 Å². The molecule has 2 aromatic heterocycles. The van der Waals surface area contributed by atoms with Crippen LogP contribution in [-0.4, -0.2) is 56.9 Å². The summed E-state index contributed by atoms with van der Waals surface area (Å²) in [7, 11) is 0. The second-order valence-electron chi connectivity index (χ2n) is 7.91. The van der Waals surface area contributed by atoms with Crippen LogP contribution in [0, 0.1) is 0 Å². The number of H-pyrrole nitrogens is 1. The number of nitrogens with zero attached hydrogens (tertiary/aromatic N) is 2. The quantitative estimate of drug-likeness (QED) is 0.611. The molecular formula is C22H23N3O5. The van der Waals surface area contributed by atoms with E-state index in [1.54, 1.807) is 0 Å². The Morgan fingerprint density at radius 3 is 2.77 bits per heavy atom. The van der Waals surface area contributed by atoms with Gasteiger partial charge in [-0.25, -0.2) is 4.79 Å². The molecule has 4 heterocycles. The van der Waals surface area contributed by atoms with Crippen LogP contribution in [0.3, 0.4) is 0 Å². The van der Waals surface area contributed by atoms with Gasteiger partial charge in [-0.2, -0.15) is 0 Å². The molecule has 0 aliphatic carbocycles. The molecule has 8 heteroatoms. The number of aromatic carboxylic acids is 1. The molecule has 1 aromatic carbocycles. The summed E-state index contributed by atoms with van der Waals surface area (Å²) < 4.78 is 7.90. The minimum atomic E-state index is -1.49. The van der Waals surface area contributed by atoms with Gasteiger partial charge in [0, 0.05) is 42.2 Å². The lowest BCUT2D eigenvalue weighted by Crippen LogP contribution is -2.23. The first-order valence-electron chi connectivity index (χ1n) is 10.2. The van der Waals surface area contributed by atoms with Gasteiger partial charge in [0.25, 0.3) is 5.56 Å². The fourth-order valence-electron chi connectivity index (χ4n) is 4.53. The zero-order chi connectivity index (χ0) is 20.8. The van der Waals surface area contributed by atoms with Crippen molar-refractivity contribution in [3.05, 3.63) is 45.9 Å². The van der Waals surface area contributed by atoms with Gasteiger partial charge in [0.05, 0.1) is 12.3 Å². The number of aromatic hydroxyl groups is 1. The minimum absolute atomic E-state index is 0.0126. The zero-order valence-corrected chi connectivity index (χ0v) is 16.5. The smallest absolute Gasteiger partial charge is 0.345 e. The van der Waals surface area contributed by atoms with Crippen molar-refractivity contribution < 1.29 is 19.7 Å². The molecule has 3 aromatic rings. The second-order valence-corrected chi connectivity index (χ2v) is 7.91. The van der Waals surface area contributed by atoms with Crippen molar-refractivity contribution in [1.82, 2.24) is 14.5 Å². The Bertz CT molecular complexity index is 1200. The van der Waals surface area contributed by atoms with Gasteiger partial charge in [0.2, 0.25) is 0 Å². The molecular weight excluding hydrogens is 386 g/mol. The first-order chi connectivity index (χ1) is 14.5. The summed E-state index contributed by atoms with van der Waals surface area (Å²) in [6.45, 7) is 4.54. The normalized spacial score (nSPS) is 16.1. The SMILES string of the molecule is O=C(O)c1c(O)c2c([nH]c1=O)-c1cc3ccn(CCN4CCCC4)c3cc1CCO2. The van der Waals surface area contributed by atoms with E-state index >= 15 is 0 Å². The Morgan fingerprint density at radius 2 is 2.00 bits per heavy atom. The van der Waals surface area contributed by atoms with Gasteiger partial charge in [-0.15, -0.1) is 0 Å². The second kappa shape index (κ2) is 7.21. The van der Waals surface area contributed by atoms with Crippen LogP contribution in [-0.2, 0) is 13.0 Å². The fraction of sp³-hybridized carbons (Fsp3) is 0.364. The number of rotatable bonds is 4. The van der Waals surface area contributed by atoms with Gasteiger partial charge < -0.3 is 29.4 Å². The van der Waals surface area contributed by atoms with E-state index in [1.807, 2.05) is 12.1 Å². The minimum Gasteiger partial charge on any atom is -0.503 e. The molecule has 0 atom stereocenters. The Hall–Kier alpha value is -3.26. The van der Waals surface area contributed by atoms with Crippen LogP contribution in [0.2, 0.25) is 0 Å². The lowest BCUT2D eigenvalue weighted by molar-refractivity contribution is 0.0690. The average Bonchev–Trinajstić information content (AvgIpc) is 3.32. The van der Waals surface area contributed by atoms with Crippen molar-refractivity contribution in [2.75, 3.05) is 26.2 Å². The van der Waals surface area contributed by atoms with Gasteiger partial charge in [-0.05, 0) is 49.7 Å². The van der Waals surface area contributed by atoms with Crippen LogP contribution >= 0.6 is 0 Å². The molecule has 0 saturated carbocycles. The number of nitrogens with one attached hydrogen (secondary N) is 1. The molecule has 156 valence electrons. The van der Waals surface area contributed by atoms with E-state index < -0.39 is 22.8 Å². The van der Waals surface area contributed by atoms with E-state index in [4.69, 9.17) is 4.74 Å². The lowest BCUT2D eigenvalue weighted by atomic mass is 9.99. The number of carboxylic acid groups (broad SMARTS) is 1. The van der Waals surface area contributed by atoms with E-state index in [-0.39, 0.29) is 12.4 Å². The monoisotopic (exact) mass is 409 g/mol. The predicted octanol–water partition coefficient (Wildman–Crippen LogP) is 2.43. The highest BCUT2D eigenvalue weighted by Crippen LogP contribution is 2.41. The highest BCUT2D eigenvalue weighted by atomic mass is 16.5. The number of likely N-dealkylation sites (tertiary alicyclic amines) is 1. The predicted molar refractivity (Wildman–Crippen MR) is 111 cm³/mol. The van der Waals surface area contributed by atoms with Gasteiger partial charge in [0.1, 0.15) is 0 Å². The van der Waals surface area contributed by atoms with Crippen LogP contribution in [0.4, 0.5) is 0 Å². The maximum atomic E-state index is 12.3. The molecule has 30 heavy (non-hydrogen) atoms. The van der Waals surface area contributed by atoms with E-state index in [9.17, 15) is 19.8 Å². The number of pyridine rings is 1. The molecule has 3 N–H and O–H groups in total. The lowest BCUT2D eigenvalue weighted by Gasteiger charge is -2.16. The zero-order valence-electron chi connectivity index (χ0n) is 16.5. The molecule has 0 amide bonds. The molecule has 0 spiro atoms. The van der Waals surface area contributed by atoms with Crippen LogP contribution in [0.5, 0.6) is 11.5 Å². The number of aromatic nitrogens is 2. The molecule has 1 fully saturated rings. The number of fused-ring (bicyclic) bond motifs is 4. The molecule has 0 bridgehead atoms. The average molecular weight is 409 g/mol. The maximum Gasteiger partial charge on any atom is 0.345 e. The van der Waals surface area contributed by atoms with Crippen molar-refractivity contribution in [3.63, 3.8) is 0 Å². The highest BCUT2D eigenvalue weighted by molar-refractivity contribution is 5.94. The topological polar surface area (TPSA) is 108 Å². The number of carbonyl (C=O) groups is 1. The third kappa shape index (κ3) is 3.04. The van der Waals surface area contributed by atoms with Crippen molar-refractivity contribution >= 4 is 16.9 Å². The molecule has 2 aliphatic rings. The van der Waals surface area contributed by atoms with E-state index in [0.29, 0.717) is 12.1 Å². The summed E-state index contributed by atoms with van der Waals surface area (Å²) in [5.41, 5.74) is 1.62. The first-order valence-corrected chi connectivity index (χ1v) is 10.2. The Morgan fingerprint density at radius 1 is 1.20 bits per heavy atom. The summed E-state index contributed by atoms with van der Waals surface area (Å²) in [6.07, 6.45) is 5.20. The van der Waals surface area contributed by atoms with Crippen LogP contribution in [0.1, 0.15) is 28.8 Å². The fourth-order valence-corrected chi connectivity index (χ4v) is 4.53. The molecule has 1 saturated heterocycles. The van der Waals surface area contributed by atoms with Crippen molar-refractivity contribution in [1.29, 1.82) is 0 Å². The standard InChI is InChI=1S/C22H23N3O5/c26-19-17(22(28)29)21(27)23-18-15-11-14-3-7-25(9-8-24-5-1-2-6-24)16(14)12-13(15)4-10-30-20(18)19/h3,7,11-12H,1-2,4-6,8-10H2,(H,28,29)(H2,23,26,27). The number of ether oxygens (including phenoxy) is 1. The number of aromatic amines is 1. The van der Waals surface area contributed by atoms with Crippen molar-refractivity contribution in [2.24, 2.45) is 0 Å². The van der Waals surface area contributed by atoms with Gasteiger partial charge >= 0.3 is 5.97 Å². The number of hydrogen-bond donors (Lipinski definition) is 3. The Labute approximate surface area is 172 Å². The third-order valence-corrected chi connectivity index (χ3v) is 6.10. The van der Waals surface area contributed by atoms with Crippen LogP contribution in [0.25, 0.3) is 22.2 Å². The van der Waals surface area contributed by atoms with Crippen molar-refractivity contribution in [2.45, 2.75) is 25.8 Å². The summed E-state index contributed by atoms with van der Waals surface area (Å²) in [5.74, 6) is -2.11. The summed E-state index contributed by atoms with van der Waals surface area (Å²) in [6, 6.07) is 6.11. The third-order valence-electron chi connectivity index (χ3n) is 6.10. The number of carboxylic acids is 1. The summed E-state index contributed by atoms with van der Waals surface area (Å²) in [5, 5.41) is 20.7. The molecule has 0 unspecified atom stereocenters. The summed E-state index contributed by atoms with van der Waals surface area (Å²) >= 11 is 0. The van der Waals surface area contributed by atoms with E-state index in [1.165, 1.54) is 12.8 Å². The highest BCUT2D eigenvalue weighted by Gasteiger charge is 2.27. The van der Waals surface area contributed by atoms with E-state index in [2.05, 4.69) is 26.7 Å². The number of hydrogen-bond acceptors (Lipinski definition) is 5. The van der Waals surface area contributed by atoms with E-state index in [0.717, 1.165) is 48.2 Å². The molecule has 8 nitrogen and oxygen atoms in total. The maximum absolute atomic E-state index is 12.3. The van der Waals surface area contributed by atoms with Crippen molar-refractivity contribution in [3.8, 4) is 22.8 Å². The largest absolute Gasteiger partial charge is 0.503 e. The van der Waals surface area contributed by atoms with Crippen LogP contribution < -0.4 is 10.3 Å². The Kier molecular flexibility index (Phi) is 4.51. The number of benzene rings is 1. The summed E-state index contributed by atoms with van der Waals surface area (Å²) in [4.78, 5) is 28.7. The Balaban J connectivity index is 1.58. The van der Waals surface area contributed by atoms with Gasteiger partial charge in [-0.1, -0.05) is 0 Å². The molecule has 5 rings (SSSR count). The molecule has 2 aliphatic heterocycles. The van der Waals surface area contributed by atoms with Gasteiger partial charge in [0.15, 0.2) is 17.1 Å². The molecule has 0 radical (unpaired) electrons. The first kappa shape index (κ1) is 18.7.